The topological polar surface area (TPSA) is 27.8 Å². The fourth-order valence-corrected chi connectivity index (χ4v) is 3.15. The van der Waals surface area contributed by atoms with Crippen molar-refractivity contribution >= 4 is 28.4 Å². The van der Waals surface area contributed by atoms with E-state index in [9.17, 15) is 0 Å². The van der Waals surface area contributed by atoms with Gasteiger partial charge in [-0.15, -0.1) is 18.3 Å². The van der Waals surface area contributed by atoms with Gasteiger partial charge in [0.25, 0.3) is 0 Å². The van der Waals surface area contributed by atoms with Gasteiger partial charge in [0.15, 0.2) is 0 Å². The highest BCUT2D eigenvalue weighted by Gasteiger charge is 2.04. The maximum absolute atomic E-state index is 3.78. The number of rotatable bonds is 6. The Labute approximate surface area is 129 Å². The molecule has 3 aromatic rings. The van der Waals surface area contributed by atoms with Gasteiger partial charge in [0.1, 0.15) is 0 Å². The lowest BCUT2D eigenvalue weighted by molar-refractivity contribution is 1.15. The molecule has 0 radical (unpaired) electrons. The molecule has 1 aromatic heterocycles. The molecule has 0 unspecified atom stereocenters. The van der Waals surface area contributed by atoms with Gasteiger partial charge in [-0.2, -0.15) is 0 Å². The molecule has 0 amide bonds. The quantitative estimate of drug-likeness (QED) is 0.491. The van der Waals surface area contributed by atoms with Gasteiger partial charge in [0.2, 0.25) is 0 Å². The van der Waals surface area contributed by atoms with Gasteiger partial charge < -0.3 is 10.3 Å². The number of H-pyrrole nitrogens is 1. The highest BCUT2D eigenvalue weighted by molar-refractivity contribution is 7.99. The van der Waals surface area contributed by atoms with Gasteiger partial charge in [-0.25, -0.2) is 0 Å². The van der Waals surface area contributed by atoms with E-state index in [-0.39, 0.29) is 0 Å². The van der Waals surface area contributed by atoms with Crippen LogP contribution >= 0.6 is 11.8 Å². The molecule has 0 bridgehead atoms. The van der Waals surface area contributed by atoms with Crippen LogP contribution in [0.4, 0.5) is 5.69 Å². The lowest BCUT2D eigenvalue weighted by Crippen LogP contribution is -2.01. The average Bonchev–Trinajstić information content (AvgIpc) is 3.01. The molecule has 2 N–H and O–H groups in total. The van der Waals surface area contributed by atoms with Crippen LogP contribution in [-0.2, 0) is 6.54 Å². The molecule has 0 saturated carbocycles. The second-order valence-electron chi connectivity index (χ2n) is 4.81. The van der Waals surface area contributed by atoms with E-state index in [2.05, 4.69) is 65.4 Å². The number of hydrogen-bond acceptors (Lipinski definition) is 2. The molecule has 0 spiro atoms. The molecule has 0 aliphatic heterocycles. The Morgan fingerprint density at radius 2 is 2.00 bits per heavy atom. The van der Waals surface area contributed by atoms with Gasteiger partial charge in [-0.05, 0) is 29.8 Å². The third-order valence-corrected chi connectivity index (χ3v) is 4.47. The Morgan fingerprint density at radius 3 is 2.90 bits per heavy atom. The van der Waals surface area contributed by atoms with Gasteiger partial charge in [0.05, 0.1) is 0 Å². The molecule has 0 fully saturated rings. The predicted molar refractivity (Wildman–Crippen MR) is 93.0 cm³/mol. The average molecular weight is 294 g/mol. The van der Waals surface area contributed by atoms with Crippen LogP contribution in [0.15, 0.2) is 72.3 Å². The molecule has 106 valence electrons. The monoisotopic (exact) mass is 294 g/mol. The van der Waals surface area contributed by atoms with Crippen molar-refractivity contribution in [3.63, 3.8) is 0 Å². The van der Waals surface area contributed by atoms with Crippen molar-refractivity contribution in [2.24, 2.45) is 0 Å². The number of fused-ring (bicyclic) bond motifs is 1. The summed E-state index contributed by atoms with van der Waals surface area (Å²) >= 11 is 1.80. The molecule has 0 aliphatic rings. The zero-order valence-corrected chi connectivity index (χ0v) is 12.6. The van der Waals surface area contributed by atoms with E-state index in [1.54, 1.807) is 11.8 Å². The lowest BCUT2D eigenvalue weighted by atomic mass is 10.1. The van der Waals surface area contributed by atoms with Crippen LogP contribution in [-0.4, -0.2) is 10.7 Å². The zero-order chi connectivity index (χ0) is 14.5. The summed E-state index contributed by atoms with van der Waals surface area (Å²) in [5.41, 5.74) is 3.66. The fourth-order valence-electron chi connectivity index (χ4n) is 2.38. The number of nitrogens with one attached hydrogen (secondary N) is 2. The smallest absolute Gasteiger partial charge is 0.0481 e. The molecule has 3 heteroatoms. The molecule has 21 heavy (non-hydrogen) atoms. The third-order valence-electron chi connectivity index (χ3n) is 3.40. The summed E-state index contributed by atoms with van der Waals surface area (Å²) in [7, 11) is 0. The first kappa shape index (κ1) is 13.8. The van der Waals surface area contributed by atoms with Gasteiger partial charge in [0, 0.05) is 40.0 Å². The molecule has 3 rings (SSSR count). The van der Waals surface area contributed by atoms with E-state index in [1.807, 2.05) is 12.3 Å². The van der Waals surface area contributed by atoms with Crippen LogP contribution in [0.5, 0.6) is 0 Å². The molecule has 2 aromatic carbocycles. The van der Waals surface area contributed by atoms with E-state index in [0.717, 1.165) is 12.3 Å². The van der Waals surface area contributed by atoms with E-state index in [1.165, 1.54) is 27.0 Å². The number of benzene rings is 2. The van der Waals surface area contributed by atoms with Crippen LogP contribution in [0.25, 0.3) is 10.9 Å². The first-order valence-electron chi connectivity index (χ1n) is 7.00. The molecule has 0 saturated heterocycles. The number of thioether (sulfide) groups is 1. The van der Waals surface area contributed by atoms with Crippen LogP contribution in [0.1, 0.15) is 5.56 Å². The molecule has 0 atom stereocenters. The summed E-state index contributed by atoms with van der Waals surface area (Å²) in [4.78, 5) is 4.52. The summed E-state index contributed by atoms with van der Waals surface area (Å²) in [6.07, 6.45) is 3.92. The molecule has 2 nitrogen and oxygen atoms in total. The van der Waals surface area contributed by atoms with Crippen molar-refractivity contribution < 1.29 is 0 Å². The van der Waals surface area contributed by atoms with Crippen LogP contribution in [0.3, 0.4) is 0 Å². The van der Waals surface area contributed by atoms with Crippen molar-refractivity contribution in [3.05, 3.63) is 72.9 Å². The number of para-hydroxylation sites is 1. The first-order valence-corrected chi connectivity index (χ1v) is 7.98. The van der Waals surface area contributed by atoms with Crippen molar-refractivity contribution in [3.8, 4) is 0 Å². The second kappa shape index (κ2) is 6.55. The maximum atomic E-state index is 3.78. The largest absolute Gasteiger partial charge is 0.380 e. The summed E-state index contributed by atoms with van der Waals surface area (Å²) in [6.45, 7) is 4.60. The summed E-state index contributed by atoms with van der Waals surface area (Å²) in [5, 5.41) is 4.83. The van der Waals surface area contributed by atoms with E-state index < -0.39 is 0 Å². The fraction of sp³-hybridized carbons (Fsp3) is 0.111. The minimum absolute atomic E-state index is 0.820. The predicted octanol–water partition coefficient (Wildman–Crippen LogP) is 5.06. The van der Waals surface area contributed by atoms with Crippen molar-refractivity contribution in [2.45, 2.75) is 11.4 Å². The van der Waals surface area contributed by atoms with Crippen LogP contribution < -0.4 is 5.32 Å². The number of aromatic amines is 1. The highest BCUT2D eigenvalue weighted by Crippen LogP contribution is 2.28. The first-order chi connectivity index (χ1) is 10.4. The number of aromatic nitrogens is 1. The Morgan fingerprint density at radius 1 is 1.10 bits per heavy atom. The van der Waals surface area contributed by atoms with E-state index in [0.29, 0.717) is 0 Å². The van der Waals surface area contributed by atoms with E-state index in [4.69, 9.17) is 0 Å². The Hall–Kier alpha value is -2.13. The van der Waals surface area contributed by atoms with Crippen LogP contribution in [0.2, 0.25) is 0 Å². The van der Waals surface area contributed by atoms with Crippen molar-refractivity contribution in [2.75, 3.05) is 11.1 Å². The number of hydrogen-bond donors (Lipinski definition) is 2. The maximum Gasteiger partial charge on any atom is 0.0481 e. The van der Waals surface area contributed by atoms with Crippen LogP contribution in [0, 0.1) is 0 Å². The van der Waals surface area contributed by atoms with E-state index >= 15 is 0 Å². The molecule has 1 heterocycles. The minimum atomic E-state index is 0.820. The SMILES string of the molecule is C=CCSc1ccccc1NCc1cccc2[nH]ccc12. The Kier molecular flexibility index (Phi) is 4.31. The normalized spacial score (nSPS) is 10.7. The standard InChI is InChI=1S/C18H18N2S/c1-2-12-21-18-9-4-3-7-17(18)20-13-14-6-5-8-16-15(14)10-11-19-16/h2-11,19-20H,1,12-13H2. The summed E-state index contributed by atoms with van der Waals surface area (Å²) in [6, 6.07) is 16.9. The zero-order valence-electron chi connectivity index (χ0n) is 11.8. The molecule has 0 aliphatic carbocycles. The minimum Gasteiger partial charge on any atom is -0.380 e. The number of anilines is 1. The summed E-state index contributed by atoms with van der Waals surface area (Å²) in [5.74, 6) is 0.923. The summed E-state index contributed by atoms with van der Waals surface area (Å²) < 4.78 is 0. The third kappa shape index (κ3) is 3.14. The van der Waals surface area contributed by atoms with Gasteiger partial charge in [-0.3, -0.25) is 0 Å². The van der Waals surface area contributed by atoms with Gasteiger partial charge >= 0.3 is 0 Å². The molecular formula is C18H18N2S. The Bertz CT molecular complexity index is 746. The Balaban J connectivity index is 1.78. The van der Waals surface area contributed by atoms with Gasteiger partial charge in [-0.1, -0.05) is 30.3 Å². The highest BCUT2D eigenvalue weighted by atomic mass is 32.2. The van der Waals surface area contributed by atoms with Crippen molar-refractivity contribution in [1.29, 1.82) is 0 Å². The molecular weight excluding hydrogens is 276 g/mol. The van der Waals surface area contributed by atoms with Crippen molar-refractivity contribution in [1.82, 2.24) is 4.98 Å². The lowest BCUT2D eigenvalue weighted by Gasteiger charge is -2.12. The second-order valence-corrected chi connectivity index (χ2v) is 5.87.